The van der Waals surface area contributed by atoms with Gasteiger partial charge in [-0.3, -0.25) is 4.99 Å². The van der Waals surface area contributed by atoms with E-state index in [0.29, 0.717) is 12.0 Å². The highest BCUT2D eigenvalue weighted by atomic mass is 15.3. The van der Waals surface area contributed by atoms with E-state index in [9.17, 15) is 0 Å². The summed E-state index contributed by atoms with van der Waals surface area (Å²) in [5.41, 5.74) is 0.575. The van der Waals surface area contributed by atoms with Crippen molar-refractivity contribution < 1.29 is 0 Å². The van der Waals surface area contributed by atoms with E-state index >= 15 is 0 Å². The van der Waals surface area contributed by atoms with Gasteiger partial charge in [0.1, 0.15) is 0 Å². The van der Waals surface area contributed by atoms with Gasteiger partial charge in [0.25, 0.3) is 0 Å². The number of nitrogens with zero attached hydrogens (tertiary/aromatic N) is 2. The molecule has 3 nitrogen and oxygen atoms in total. The zero-order valence-electron chi connectivity index (χ0n) is 10.8. The Hall–Kier alpha value is -1.17. The Kier molecular flexibility index (Phi) is 3.93. The predicted molar refractivity (Wildman–Crippen MR) is 71.9 cm³/mol. The number of nitrogens with one attached hydrogen (secondary N) is 1. The van der Waals surface area contributed by atoms with Gasteiger partial charge in [-0.25, -0.2) is 0 Å². The summed E-state index contributed by atoms with van der Waals surface area (Å²) in [5.74, 6) is 3.59. The fourth-order valence-electron chi connectivity index (χ4n) is 3.29. The van der Waals surface area contributed by atoms with Crippen molar-refractivity contribution >= 4 is 5.96 Å². The fourth-order valence-corrected chi connectivity index (χ4v) is 3.29. The van der Waals surface area contributed by atoms with E-state index in [1.807, 2.05) is 7.05 Å². The van der Waals surface area contributed by atoms with Crippen LogP contribution in [0.1, 0.15) is 38.5 Å². The molecule has 0 aromatic rings. The van der Waals surface area contributed by atoms with Crippen LogP contribution in [0, 0.1) is 17.8 Å². The van der Waals surface area contributed by atoms with Gasteiger partial charge in [0, 0.05) is 20.1 Å². The van der Waals surface area contributed by atoms with Gasteiger partial charge in [0.15, 0.2) is 5.96 Å². The smallest absolute Gasteiger partial charge is 0.194 e. The van der Waals surface area contributed by atoms with Gasteiger partial charge in [-0.2, -0.15) is 0 Å². The summed E-state index contributed by atoms with van der Waals surface area (Å²) in [5, 5.41) is 3.22. The molecular weight excluding hydrogens is 210 g/mol. The maximum absolute atomic E-state index is 5.28. The van der Waals surface area contributed by atoms with E-state index < -0.39 is 0 Å². The number of hydrogen-bond acceptors (Lipinski definition) is 1. The average Bonchev–Trinajstić information content (AvgIpc) is 2.75. The van der Waals surface area contributed by atoms with Gasteiger partial charge in [0.2, 0.25) is 0 Å². The molecule has 1 spiro atoms. The lowest BCUT2D eigenvalue weighted by molar-refractivity contribution is 0.203. The largest absolute Gasteiger partial charge is 0.345 e. The van der Waals surface area contributed by atoms with Crippen LogP contribution in [0.4, 0.5) is 0 Å². The minimum atomic E-state index is 0.566. The van der Waals surface area contributed by atoms with E-state index in [4.69, 9.17) is 6.42 Å². The van der Waals surface area contributed by atoms with Crippen LogP contribution in [0.15, 0.2) is 4.99 Å². The van der Waals surface area contributed by atoms with E-state index in [-0.39, 0.29) is 0 Å². The molecule has 0 unspecified atom stereocenters. The molecule has 0 aromatic heterocycles. The van der Waals surface area contributed by atoms with Crippen molar-refractivity contribution in [2.24, 2.45) is 10.4 Å². The molecule has 1 heterocycles. The van der Waals surface area contributed by atoms with E-state index in [1.165, 1.54) is 38.5 Å². The van der Waals surface area contributed by atoms with Crippen LogP contribution in [-0.4, -0.2) is 37.5 Å². The highest BCUT2D eigenvalue weighted by molar-refractivity contribution is 5.80. The Morgan fingerprint density at radius 1 is 1.35 bits per heavy atom. The summed E-state index contributed by atoms with van der Waals surface area (Å²) < 4.78 is 0. The molecule has 0 aromatic carbocycles. The second-order valence-corrected chi connectivity index (χ2v) is 5.34. The van der Waals surface area contributed by atoms with Crippen molar-refractivity contribution in [1.82, 2.24) is 10.2 Å². The van der Waals surface area contributed by atoms with Crippen LogP contribution in [0.25, 0.3) is 0 Å². The number of rotatable bonds is 1. The standard InChI is InChI=1S/C14H23N3/c1-3-10-16-13(15-2)17-11-9-14(12-17)7-5-4-6-8-14/h1H,4-12H2,2H3,(H,15,16). The average molecular weight is 233 g/mol. The molecule has 94 valence electrons. The minimum Gasteiger partial charge on any atom is -0.345 e. The first-order chi connectivity index (χ1) is 8.29. The monoisotopic (exact) mass is 233 g/mol. The van der Waals surface area contributed by atoms with Gasteiger partial charge in [-0.1, -0.05) is 25.2 Å². The van der Waals surface area contributed by atoms with Gasteiger partial charge < -0.3 is 10.2 Å². The summed E-state index contributed by atoms with van der Waals surface area (Å²) in [6, 6.07) is 0. The van der Waals surface area contributed by atoms with Crippen molar-refractivity contribution in [2.45, 2.75) is 38.5 Å². The lowest BCUT2D eigenvalue weighted by Crippen LogP contribution is -2.41. The van der Waals surface area contributed by atoms with Crippen molar-refractivity contribution in [3.63, 3.8) is 0 Å². The molecule has 1 aliphatic carbocycles. The molecule has 2 rings (SSSR count). The predicted octanol–water partition coefficient (Wildman–Crippen LogP) is 1.85. The normalized spacial score (nSPS) is 23.8. The summed E-state index contributed by atoms with van der Waals surface area (Å²) in [6.45, 7) is 2.86. The molecule has 0 radical (unpaired) electrons. The molecule has 2 aliphatic rings. The van der Waals surface area contributed by atoms with E-state index in [2.05, 4.69) is 21.1 Å². The minimum absolute atomic E-state index is 0.566. The summed E-state index contributed by atoms with van der Waals surface area (Å²) in [6.07, 6.45) is 13.6. The van der Waals surface area contributed by atoms with Gasteiger partial charge >= 0.3 is 0 Å². The molecule has 0 amide bonds. The Labute approximate surface area is 105 Å². The van der Waals surface area contributed by atoms with Crippen molar-refractivity contribution in [3.8, 4) is 12.3 Å². The molecule has 1 N–H and O–H groups in total. The molecule has 2 fully saturated rings. The molecule has 17 heavy (non-hydrogen) atoms. The zero-order valence-corrected chi connectivity index (χ0v) is 10.8. The van der Waals surface area contributed by atoms with Crippen molar-refractivity contribution in [3.05, 3.63) is 0 Å². The summed E-state index contributed by atoms with van der Waals surface area (Å²) >= 11 is 0. The second-order valence-electron chi connectivity index (χ2n) is 5.34. The van der Waals surface area contributed by atoms with Crippen LogP contribution in [0.5, 0.6) is 0 Å². The number of hydrogen-bond donors (Lipinski definition) is 1. The highest BCUT2D eigenvalue weighted by Crippen LogP contribution is 2.43. The lowest BCUT2D eigenvalue weighted by Gasteiger charge is -2.33. The third-order valence-corrected chi connectivity index (χ3v) is 4.21. The Morgan fingerprint density at radius 3 is 2.76 bits per heavy atom. The van der Waals surface area contributed by atoms with Gasteiger partial charge in [-0.15, -0.1) is 6.42 Å². The molecule has 1 aliphatic heterocycles. The number of aliphatic imine (C=N–C) groups is 1. The van der Waals surface area contributed by atoms with Gasteiger partial charge in [0.05, 0.1) is 6.54 Å². The molecular formula is C14H23N3. The molecule has 1 saturated carbocycles. The third-order valence-electron chi connectivity index (χ3n) is 4.21. The Morgan fingerprint density at radius 2 is 2.12 bits per heavy atom. The number of terminal acetylenes is 1. The Bertz CT molecular complexity index is 321. The first-order valence-electron chi connectivity index (χ1n) is 6.69. The van der Waals surface area contributed by atoms with Gasteiger partial charge in [-0.05, 0) is 24.7 Å². The van der Waals surface area contributed by atoms with Crippen LogP contribution < -0.4 is 5.32 Å². The maximum Gasteiger partial charge on any atom is 0.194 e. The van der Waals surface area contributed by atoms with E-state index in [0.717, 1.165) is 19.0 Å². The first kappa shape index (κ1) is 12.3. The van der Waals surface area contributed by atoms with Crippen LogP contribution in [-0.2, 0) is 0 Å². The third kappa shape index (κ3) is 2.74. The molecule has 0 atom stereocenters. The fraction of sp³-hybridized carbons (Fsp3) is 0.786. The Balaban J connectivity index is 1.94. The first-order valence-corrected chi connectivity index (χ1v) is 6.69. The second kappa shape index (κ2) is 5.44. The van der Waals surface area contributed by atoms with Crippen LogP contribution in [0.2, 0.25) is 0 Å². The maximum atomic E-state index is 5.28. The lowest BCUT2D eigenvalue weighted by atomic mass is 9.73. The topological polar surface area (TPSA) is 27.6 Å². The van der Waals surface area contributed by atoms with E-state index in [1.54, 1.807) is 0 Å². The molecule has 1 saturated heterocycles. The van der Waals surface area contributed by atoms with Crippen molar-refractivity contribution in [1.29, 1.82) is 0 Å². The zero-order chi connectivity index (χ0) is 12.1. The number of likely N-dealkylation sites (tertiary alicyclic amines) is 1. The van der Waals surface area contributed by atoms with Crippen LogP contribution >= 0.6 is 0 Å². The summed E-state index contributed by atoms with van der Waals surface area (Å²) in [7, 11) is 1.84. The SMILES string of the molecule is C#CCNC(=NC)N1CCC2(CCCCC2)C1. The molecule has 0 bridgehead atoms. The van der Waals surface area contributed by atoms with Crippen molar-refractivity contribution in [2.75, 3.05) is 26.7 Å². The summed E-state index contributed by atoms with van der Waals surface area (Å²) in [4.78, 5) is 6.70. The number of guanidine groups is 1. The molecule has 3 heteroatoms. The highest BCUT2D eigenvalue weighted by Gasteiger charge is 2.39. The quantitative estimate of drug-likeness (QED) is 0.425. The van der Waals surface area contributed by atoms with Crippen LogP contribution in [0.3, 0.4) is 0 Å².